The number of Topliss-reactive ketones (excluding diaryl/α,β-unsaturated/α-hetero) is 2. The second kappa shape index (κ2) is 24.0. The fourth-order valence-electron chi connectivity index (χ4n) is 5.28. The van der Waals surface area contributed by atoms with Gasteiger partial charge in [0.25, 0.3) is 0 Å². The molecule has 9 heteroatoms. The van der Waals surface area contributed by atoms with E-state index in [-0.39, 0.29) is 19.3 Å². The molecular formula is C33H62O9. The number of aliphatic hydroxyl groups is 5. The summed E-state index contributed by atoms with van der Waals surface area (Å²) in [6.07, 6.45) is 10.8. The summed E-state index contributed by atoms with van der Waals surface area (Å²) in [6.45, 7) is 4.01. The van der Waals surface area contributed by atoms with E-state index in [4.69, 9.17) is 4.74 Å². The molecule has 0 bridgehead atoms. The van der Waals surface area contributed by atoms with Gasteiger partial charge in [0.1, 0.15) is 6.10 Å². The number of carbonyl (C=O) groups is 3. The maximum atomic E-state index is 13.5. The third kappa shape index (κ3) is 14.4. The van der Waals surface area contributed by atoms with Gasteiger partial charge in [-0.05, 0) is 19.3 Å². The Morgan fingerprint density at radius 2 is 0.976 bits per heavy atom. The van der Waals surface area contributed by atoms with Crippen LogP contribution in [-0.2, 0) is 19.1 Å². The van der Waals surface area contributed by atoms with Gasteiger partial charge < -0.3 is 30.3 Å². The standard InChI is InChI=1S/C33H62O9/c1-4-7-10-13-16-19-22-27(36)32(40,26-35)31(39)33(41,28(37)23-20-17-14-11-8-5-2)29(25-34)42-30(38)24-21-18-15-12-9-6-3/h29,31,34-35,39-41H,4-26H2,1-3H3/t29-,31-,32-,33-/m1/s1. The molecule has 0 heterocycles. The Bertz CT molecular complexity index is 728. The number of aliphatic hydroxyl groups excluding tert-OH is 3. The summed E-state index contributed by atoms with van der Waals surface area (Å²) in [4.78, 5) is 39.2. The Kier molecular flexibility index (Phi) is 23.2. The maximum Gasteiger partial charge on any atom is 0.306 e. The predicted octanol–water partition coefficient (Wildman–Crippen LogP) is 5.10. The van der Waals surface area contributed by atoms with Crippen LogP contribution in [0.3, 0.4) is 0 Å². The Morgan fingerprint density at radius 3 is 1.38 bits per heavy atom. The average molecular weight is 603 g/mol. The minimum Gasteiger partial charge on any atom is -0.456 e. The topological polar surface area (TPSA) is 162 Å². The molecule has 0 amide bonds. The van der Waals surface area contributed by atoms with Crippen LogP contribution in [0.25, 0.3) is 0 Å². The Morgan fingerprint density at radius 1 is 0.595 bits per heavy atom. The number of ether oxygens (including phenoxy) is 1. The number of unbranched alkanes of at least 4 members (excludes halogenated alkanes) is 15. The molecule has 9 nitrogen and oxygen atoms in total. The van der Waals surface area contributed by atoms with Gasteiger partial charge in [0.2, 0.25) is 0 Å². The lowest BCUT2D eigenvalue weighted by Crippen LogP contribution is -2.70. The molecule has 0 aromatic rings. The summed E-state index contributed by atoms with van der Waals surface area (Å²) in [5, 5.41) is 54.4. The lowest BCUT2D eigenvalue weighted by molar-refractivity contribution is -0.225. The second-order valence-electron chi connectivity index (χ2n) is 11.9. The van der Waals surface area contributed by atoms with Gasteiger partial charge >= 0.3 is 5.97 Å². The van der Waals surface area contributed by atoms with Gasteiger partial charge in [0.15, 0.2) is 28.9 Å². The molecule has 0 fully saturated rings. The zero-order valence-corrected chi connectivity index (χ0v) is 26.8. The van der Waals surface area contributed by atoms with Gasteiger partial charge in [-0.3, -0.25) is 14.4 Å². The average Bonchev–Trinajstić information content (AvgIpc) is 2.99. The maximum absolute atomic E-state index is 13.5. The molecule has 0 unspecified atom stereocenters. The van der Waals surface area contributed by atoms with E-state index in [2.05, 4.69) is 20.8 Å². The first-order valence-electron chi connectivity index (χ1n) is 16.7. The minimum atomic E-state index is -3.00. The molecule has 248 valence electrons. The van der Waals surface area contributed by atoms with E-state index in [0.29, 0.717) is 32.1 Å². The first-order chi connectivity index (χ1) is 20.1. The van der Waals surface area contributed by atoms with Crippen molar-refractivity contribution in [1.82, 2.24) is 0 Å². The Labute approximate surface area is 254 Å². The van der Waals surface area contributed by atoms with Crippen molar-refractivity contribution < 1.29 is 44.7 Å². The van der Waals surface area contributed by atoms with Crippen molar-refractivity contribution in [3.8, 4) is 0 Å². The van der Waals surface area contributed by atoms with Crippen molar-refractivity contribution in [2.75, 3.05) is 13.2 Å². The molecule has 0 aliphatic rings. The minimum absolute atomic E-state index is 0.0123. The van der Waals surface area contributed by atoms with E-state index in [1.165, 1.54) is 0 Å². The van der Waals surface area contributed by atoms with Crippen molar-refractivity contribution in [2.45, 2.75) is 179 Å². The highest BCUT2D eigenvalue weighted by atomic mass is 16.6. The molecule has 5 N–H and O–H groups in total. The van der Waals surface area contributed by atoms with E-state index in [0.717, 1.165) is 83.5 Å². The van der Waals surface area contributed by atoms with Gasteiger partial charge in [0, 0.05) is 19.3 Å². The van der Waals surface area contributed by atoms with Crippen LogP contribution in [0.1, 0.15) is 156 Å². The normalized spacial score (nSPS) is 15.9. The van der Waals surface area contributed by atoms with Crippen molar-refractivity contribution in [1.29, 1.82) is 0 Å². The van der Waals surface area contributed by atoms with Crippen LogP contribution in [-0.4, -0.2) is 79.7 Å². The van der Waals surface area contributed by atoms with Crippen LogP contribution in [0.15, 0.2) is 0 Å². The third-order valence-electron chi connectivity index (χ3n) is 8.22. The lowest BCUT2D eigenvalue weighted by Gasteiger charge is -2.43. The zero-order valence-electron chi connectivity index (χ0n) is 26.8. The number of esters is 1. The van der Waals surface area contributed by atoms with Gasteiger partial charge in [0.05, 0.1) is 13.2 Å². The van der Waals surface area contributed by atoms with Crippen LogP contribution in [0.2, 0.25) is 0 Å². The smallest absolute Gasteiger partial charge is 0.306 e. The van der Waals surface area contributed by atoms with Gasteiger partial charge in [-0.2, -0.15) is 0 Å². The third-order valence-corrected chi connectivity index (χ3v) is 8.22. The summed E-state index contributed by atoms with van der Waals surface area (Å²) in [5.41, 5.74) is -5.88. The molecular weight excluding hydrogens is 540 g/mol. The number of carbonyl (C=O) groups excluding carboxylic acids is 3. The SMILES string of the molecule is CCCCCCCCC(=O)O[C@H](CO)[C@](O)(C(=O)CCCCCCCC)[C@H](O)[C@@](O)(CO)C(=O)CCCCCCCC. The number of rotatable bonds is 29. The predicted molar refractivity (Wildman–Crippen MR) is 164 cm³/mol. The van der Waals surface area contributed by atoms with Crippen LogP contribution in [0.4, 0.5) is 0 Å². The van der Waals surface area contributed by atoms with E-state index < -0.39 is 54.2 Å². The summed E-state index contributed by atoms with van der Waals surface area (Å²) in [7, 11) is 0. The van der Waals surface area contributed by atoms with E-state index in [9.17, 15) is 39.9 Å². The summed E-state index contributed by atoms with van der Waals surface area (Å²) in [6, 6.07) is 0. The Hall–Kier alpha value is -1.39. The quantitative estimate of drug-likeness (QED) is 0.0579. The van der Waals surface area contributed by atoms with Crippen molar-refractivity contribution in [3.63, 3.8) is 0 Å². The van der Waals surface area contributed by atoms with Crippen molar-refractivity contribution >= 4 is 17.5 Å². The molecule has 4 atom stereocenters. The largest absolute Gasteiger partial charge is 0.456 e. The number of ketones is 2. The number of hydrogen-bond donors (Lipinski definition) is 5. The van der Waals surface area contributed by atoms with Gasteiger partial charge in [-0.25, -0.2) is 0 Å². The van der Waals surface area contributed by atoms with Crippen LogP contribution >= 0.6 is 0 Å². The van der Waals surface area contributed by atoms with E-state index in [1.54, 1.807) is 0 Å². The molecule has 0 saturated carbocycles. The first kappa shape index (κ1) is 40.6. The molecule has 0 aliphatic heterocycles. The highest BCUT2D eigenvalue weighted by Gasteiger charge is 2.60. The molecule has 0 rings (SSSR count). The molecule has 0 aromatic carbocycles. The van der Waals surface area contributed by atoms with E-state index in [1.807, 2.05) is 0 Å². The summed E-state index contributed by atoms with van der Waals surface area (Å²) in [5.74, 6) is -2.65. The first-order valence-corrected chi connectivity index (χ1v) is 16.7. The van der Waals surface area contributed by atoms with Gasteiger partial charge in [-0.1, -0.05) is 117 Å². The van der Waals surface area contributed by atoms with Crippen LogP contribution < -0.4 is 0 Å². The highest BCUT2D eigenvalue weighted by Crippen LogP contribution is 2.32. The molecule has 42 heavy (non-hydrogen) atoms. The summed E-state index contributed by atoms with van der Waals surface area (Å²) < 4.78 is 5.33. The zero-order chi connectivity index (χ0) is 31.9. The van der Waals surface area contributed by atoms with Gasteiger partial charge in [-0.15, -0.1) is 0 Å². The molecule has 0 radical (unpaired) electrons. The Balaban J connectivity index is 5.75. The van der Waals surface area contributed by atoms with E-state index >= 15 is 0 Å². The fourth-order valence-corrected chi connectivity index (χ4v) is 5.28. The lowest BCUT2D eigenvalue weighted by atomic mass is 9.74. The van der Waals surface area contributed by atoms with Crippen molar-refractivity contribution in [2.24, 2.45) is 0 Å². The van der Waals surface area contributed by atoms with Crippen molar-refractivity contribution in [3.05, 3.63) is 0 Å². The van der Waals surface area contributed by atoms with Crippen LogP contribution in [0.5, 0.6) is 0 Å². The van der Waals surface area contributed by atoms with Crippen LogP contribution in [0, 0.1) is 0 Å². The second-order valence-corrected chi connectivity index (χ2v) is 11.9. The molecule has 0 spiro atoms. The summed E-state index contributed by atoms with van der Waals surface area (Å²) >= 11 is 0. The fraction of sp³-hybridized carbons (Fsp3) is 0.909. The molecule has 0 aromatic heterocycles. The number of hydrogen-bond acceptors (Lipinski definition) is 9. The molecule has 0 aliphatic carbocycles. The molecule has 0 saturated heterocycles. The highest BCUT2D eigenvalue weighted by molar-refractivity contribution is 5.93. The monoisotopic (exact) mass is 602 g/mol.